The molecule has 94 valence electrons. The molecule has 1 aromatic heterocycles. The van der Waals surface area contributed by atoms with E-state index in [0.29, 0.717) is 5.82 Å². The van der Waals surface area contributed by atoms with Crippen molar-refractivity contribution in [1.29, 1.82) is 0 Å². The number of hydrogen-bond acceptors (Lipinski definition) is 4. The SMILES string of the molecule is CC.CC.Cc1ncc([N+](=O)[O-])n1CCO. The van der Waals surface area contributed by atoms with Crippen molar-refractivity contribution in [1.82, 2.24) is 9.55 Å². The van der Waals surface area contributed by atoms with Gasteiger partial charge in [0.1, 0.15) is 12.7 Å². The van der Waals surface area contributed by atoms with Gasteiger partial charge in [0, 0.05) is 6.92 Å². The van der Waals surface area contributed by atoms with Crippen molar-refractivity contribution in [3.63, 3.8) is 0 Å². The van der Waals surface area contributed by atoms with Gasteiger partial charge >= 0.3 is 5.82 Å². The summed E-state index contributed by atoms with van der Waals surface area (Å²) in [7, 11) is 0. The molecule has 0 bridgehead atoms. The molecule has 0 unspecified atom stereocenters. The standard InChI is InChI=1S/C6H9N3O3.2C2H6/c1-5-7-4-6(9(11)12)8(5)2-3-10;2*1-2/h4,10H,2-3H2,1H3;2*1-2H3. The number of imidazole rings is 1. The minimum atomic E-state index is -0.518. The Morgan fingerprint density at radius 3 is 2.31 bits per heavy atom. The van der Waals surface area contributed by atoms with Crippen LogP contribution in [0.25, 0.3) is 0 Å². The fourth-order valence-electron chi connectivity index (χ4n) is 0.978. The summed E-state index contributed by atoms with van der Waals surface area (Å²) in [5.41, 5.74) is 0. The fourth-order valence-corrected chi connectivity index (χ4v) is 0.978. The van der Waals surface area contributed by atoms with Crippen LogP contribution in [0.5, 0.6) is 0 Å². The third-order valence-corrected chi connectivity index (χ3v) is 1.54. The second kappa shape index (κ2) is 10.1. The first-order valence-corrected chi connectivity index (χ1v) is 5.44. The van der Waals surface area contributed by atoms with E-state index in [9.17, 15) is 10.1 Å². The number of hydrogen-bond donors (Lipinski definition) is 1. The number of aryl methyl sites for hydroxylation is 1. The molecule has 0 fully saturated rings. The molecule has 1 N–H and O–H groups in total. The Kier molecular flexibility index (Phi) is 10.7. The van der Waals surface area contributed by atoms with E-state index >= 15 is 0 Å². The lowest BCUT2D eigenvalue weighted by Gasteiger charge is -1.98. The van der Waals surface area contributed by atoms with E-state index in [2.05, 4.69) is 4.98 Å². The zero-order chi connectivity index (χ0) is 13.1. The van der Waals surface area contributed by atoms with Gasteiger partial charge in [-0.05, 0) is 4.92 Å². The van der Waals surface area contributed by atoms with Crippen molar-refractivity contribution in [2.45, 2.75) is 41.2 Å². The molecule has 1 aromatic rings. The van der Waals surface area contributed by atoms with Gasteiger partial charge in [-0.2, -0.15) is 0 Å². The average Bonchev–Trinajstić information content (AvgIpc) is 2.67. The summed E-state index contributed by atoms with van der Waals surface area (Å²) < 4.78 is 1.36. The molecule has 0 saturated heterocycles. The molecule has 0 spiro atoms. The zero-order valence-corrected chi connectivity index (χ0v) is 10.6. The molecular formula is C10H21N3O3. The molecule has 0 aromatic carbocycles. The largest absolute Gasteiger partial charge is 0.392 e. The number of aliphatic hydroxyl groups excluding tert-OH is 1. The second-order valence-electron chi connectivity index (χ2n) is 2.30. The van der Waals surface area contributed by atoms with E-state index in [-0.39, 0.29) is 19.0 Å². The molecule has 0 atom stereocenters. The van der Waals surface area contributed by atoms with Gasteiger partial charge in [-0.15, -0.1) is 0 Å². The first-order chi connectivity index (χ1) is 7.66. The second-order valence-corrected chi connectivity index (χ2v) is 2.30. The molecule has 6 heteroatoms. The summed E-state index contributed by atoms with van der Waals surface area (Å²) in [5.74, 6) is 0.456. The third-order valence-electron chi connectivity index (χ3n) is 1.54. The summed E-state index contributed by atoms with van der Waals surface area (Å²) >= 11 is 0. The normalized spacial score (nSPS) is 8.38. The van der Waals surface area contributed by atoms with Crippen LogP contribution in [0, 0.1) is 17.0 Å². The number of aromatic nitrogens is 2. The lowest BCUT2D eigenvalue weighted by atomic mass is 10.6. The average molecular weight is 231 g/mol. The van der Waals surface area contributed by atoms with Crippen molar-refractivity contribution in [3.05, 3.63) is 22.1 Å². The van der Waals surface area contributed by atoms with Crippen molar-refractivity contribution in [3.8, 4) is 0 Å². The molecule has 0 aliphatic carbocycles. The van der Waals surface area contributed by atoms with Gasteiger partial charge in [-0.1, -0.05) is 27.7 Å². The Bertz CT molecular complexity index is 297. The summed E-state index contributed by atoms with van der Waals surface area (Å²) in [5, 5.41) is 19.0. The highest BCUT2D eigenvalue weighted by molar-refractivity contribution is 5.18. The Morgan fingerprint density at radius 2 is 1.94 bits per heavy atom. The maximum Gasteiger partial charge on any atom is 0.342 e. The summed E-state index contributed by atoms with van der Waals surface area (Å²) in [4.78, 5) is 13.6. The Hall–Kier alpha value is -1.43. The Labute approximate surface area is 96.1 Å². The first-order valence-electron chi connectivity index (χ1n) is 5.44. The van der Waals surface area contributed by atoms with Crippen LogP contribution in [-0.2, 0) is 6.54 Å². The highest BCUT2D eigenvalue weighted by atomic mass is 16.6. The van der Waals surface area contributed by atoms with Gasteiger partial charge in [-0.25, -0.2) is 9.55 Å². The Balaban J connectivity index is 0. The molecule has 1 rings (SSSR count). The quantitative estimate of drug-likeness (QED) is 0.638. The van der Waals surface area contributed by atoms with Gasteiger partial charge in [0.05, 0.1) is 6.61 Å². The van der Waals surface area contributed by atoms with Gasteiger partial charge in [0.2, 0.25) is 0 Å². The molecule has 0 aliphatic rings. The van der Waals surface area contributed by atoms with Crippen molar-refractivity contribution in [2.75, 3.05) is 6.61 Å². The monoisotopic (exact) mass is 231 g/mol. The fraction of sp³-hybridized carbons (Fsp3) is 0.700. The lowest BCUT2D eigenvalue weighted by molar-refractivity contribution is -0.392. The van der Waals surface area contributed by atoms with Gasteiger partial charge in [0.15, 0.2) is 5.82 Å². The van der Waals surface area contributed by atoms with E-state index in [1.54, 1.807) is 6.92 Å². The van der Waals surface area contributed by atoms with Crippen molar-refractivity contribution in [2.24, 2.45) is 0 Å². The molecular weight excluding hydrogens is 210 g/mol. The molecule has 16 heavy (non-hydrogen) atoms. The van der Waals surface area contributed by atoms with E-state index in [4.69, 9.17) is 5.11 Å². The van der Waals surface area contributed by atoms with E-state index < -0.39 is 4.92 Å². The molecule has 6 nitrogen and oxygen atoms in total. The molecule has 0 aliphatic heterocycles. The number of aliphatic hydroxyl groups is 1. The first kappa shape index (κ1) is 17.0. The van der Waals surface area contributed by atoms with Crippen LogP contribution in [0.3, 0.4) is 0 Å². The minimum Gasteiger partial charge on any atom is -0.392 e. The molecule has 0 saturated carbocycles. The highest BCUT2D eigenvalue weighted by Crippen LogP contribution is 2.12. The van der Waals surface area contributed by atoms with Crippen LogP contribution < -0.4 is 0 Å². The molecule has 0 amide bonds. The zero-order valence-electron chi connectivity index (χ0n) is 10.6. The molecule has 0 radical (unpaired) electrons. The van der Waals surface area contributed by atoms with Crippen LogP contribution >= 0.6 is 0 Å². The summed E-state index contributed by atoms with van der Waals surface area (Å²) in [6, 6.07) is 0. The van der Waals surface area contributed by atoms with Crippen LogP contribution in [0.4, 0.5) is 5.82 Å². The van der Waals surface area contributed by atoms with Crippen molar-refractivity contribution < 1.29 is 10.0 Å². The van der Waals surface area contributed by atoms with Crippen LogP contribution in [0.2, 0.25) is 0 Å². The lowest BCUT2D eigenvalue weighted by Crippen LogP contribution is -2.07. The van der Waals surface area contributed by atoms with Gasteiger partial charge < -0.3 is 15.2 Å². The van der Waals surface area contributed by atoms with Gasteiger partial charge in [-0.3, -0.25) is 0 Å². The van der Waals surface area contributed by atoms with E-state index in [1.165, 1.54) is 10.8 Å². The van der Waals surface area contributed by atoms with Gasteiger partial charge in [0.25, 0.3) is 0 Å². The summed E-state index contributed by atoms with van der Waals surface area (Å²) in [6.07, 6.45) is 1.19. The maximum atomic E-state index is 10.4. The predicted molar refractivity (Wildman–Crippen MR) is 63.4 cm³/mol. The van der Waals surface area contributed by atoms with E-state index in [1.807, 2.05) is 27.7 Å². The third kappa shape index (κ3) is 4.88. The number of nitrogens with zero attached hydrogens (tertiary/aromatic N) is 3. The maximum absolute atomic E-state index is 10.4. The van der Waals surface area contributed by atoms with Crippen molar-refractivity contribution >= 4 is 5.82 Å². The molecule has 1 heterocycles. The van der Waals surface area contributed by atoms with Crippen LogP contribution in [0.15, 0.2) is 6.20 Å². The summed E-state index contributed by atoms with van der Waals surface area (Å²) in [6.45, 7) is 9.74. The number of nitro groups is 1. The van der Waals surface area contributed by atoms with Crippen LogP contribution in [-0.4, -0.2) is 26.2 Å². The Morgan fingerprint density at radius 1 is 1.44 bits per heavy atom. The topological polar surface area (TPSA) is 81.2 Å². The smallest absolute Gasteiger partial charge is 0.342 e. The minimum absolute atomic E-state index is 0.0819. The predicted octanol–water partition coefficient (Wildman–Crippen LogP) is 2.14. The van der Waals surface area contributed by atoms with E-state index in [0.717, 1.165) is 0 Å². The highest BCUT2D eigenvalue weighted by Gasteiger charge is 2.15. The van der Waals surface area contributed by atoms with Crippen LogP contribution in [0.1, 0.15) is 33.5 Å². The number of rotatable bonds is 3.